The van der Waals surface area contributed by atoms with Crippen molar-refractivity contribution >= 4 is 28.6 Å². The average Bonchev–Trinajstić information content (AvgIpc) is 2.81. The number of aliphatic carboxylic acids is 1. The van der Waals surface area contributed by atoms with Crippen molar-refractivity contribution in [3.8, 4) is 0 Å². The molecule has 1 aromatic carbocycles. The van der Waals surface area contributed by atoms with Crippen LogP contribution >= 0.6 is 0 Å². The number of aromatic amines is 1. The van der Waals surface area contributed by atoms with Gasteiger partial charge in [0.05, 0.1) is 11.4 Å². The molecule has 0 bridgehead atoms. The quantitative estimate of drug-likeness (QED) is 0.852. The Morgan fingerprint density at radius 3 is 2.75 bits per heavy atom. The van der Waals surface area contributed by atoms with E-state index in [-0.39, 0.29) is 24.3 Å². The van der Waals surface area contributed by atoms with Gasteiger partial charge in [-0.25, -0.2) is 0 Å². The predicted octanol–water partition coefficient (Wildman–Crippen LogP) is 0.966. The molecule has 2 aromatic rings. The summed E-state index contributed by atoms with van der Waals surface area (Å²) in [6, 6.07) is 8.33. The number of rotatable bonds is 2. The van der Waals surface area contributed by atoms with E-state index in [1.54, 1.807) is 24.3 Å². The van der Waals surface area contributed by atoms with Crippen molar-refractivity contribution in [2.75, 3.05) is 11.4 Å². The smallest absolute Gasteiger partial charge is 0.308 e. The summed E-state index contributed by atoms with van der Waals surface area (Å²) in [6.45, 7) is 0.0858. The normalized spacial score (nSPS) is 18.7. The molecule has 6 nitrogen and oxygen atoms in total. The first-order valence-corrected chi connectivity index (χ1v) is 6.21. The molecular weight excluding hydrogens is 260 g/mol. The summed E-state index contributed by atoms with van der Waals surface area (Å²) < 4.78 is 0. The van der Waals surface area contributed by atoms with E-state index >= 15 is 0 Å². The van der Waals surface area contributed by atoms with Crippen molar-refractivity contribution in [2.45, 2.75) is 6.42 Å². The second-order valence-electron chi connectivity index (χ2n) is 4.81. The van der Waals surface area contributed by atoms with E-state index in [0.29, 0.717) is 16.7 Å². The number of fused-ring (bicyclic) bond motifs is 1. The number of nitrogens with zero attached hydrogens (tertiary/aromatic N) is 1. The van der Waals surface area contributed by atoms with E-state index in [1.807, 2.05) is 0 Å². The zero-order valence-electron chi connectivity index (χ0n) is 10.5. The number of anilines is 1. The van der Waals surface area contributed by atoms with Gasteiger partial charge < -0.3 is 10.1 Å². The lowest BCUT2D eigenvalue weighted by Crippen LogP contribution is -2.27. The first-order chi connectivity index (χ1) is 9.56. The highest BCUT2D eigenvalue weighted by molar-refractivity contribution is 5.99. The largest absolute Gasteiger partial charge is 0.481 e. The molecule has 6 heteroatoms. The maximum absolute atomic E-state index is 12.0. The Hall–Kier alpha value is -2.63. The number of carbonyl (C=O) groups is 2. The van der Waals surface area contributed by atoms with Crippen LogP contribution in [0.15, 0.2) is 35.1 Å². The molecule has 0 saturated carbocycles. The topological polar surface area (TPSA) is 90.5 Å². The van der Waals surface area contributed by atoms with Gasteiger partial charge in [0.2, 0.25) is 5.91 Å². The molecule has 2 N–H and O–H groups in total. The molecule has 2 heterocycles. The highest BCUT2D eigenvalue weighted by Gasteiger charge is 2.35. The summed E-state index contributed by atoms with van der Waals surface area (Å²) in [6.07, 6.45) is -0.0375. The Labute approximate surface area is 113 Å². The number of amides is 1. The Balaban J connectivity index is 2.05. The van der Waals surface area contributed by atoms with Crippen LogP contribution in [0.4, 0.5) is 5.82 Å². The fraction of sp³-hybridized carbons (Fsp3) is 0.214. The summed E-state index contributed by atoms with van der Waals surface area (Å²) in [4.78, 5) is 39.2. The molecule has 0 radical (unpaired) electrons. The second-order valence-corrected chi connectivity index (χ2v) is 4.81. The van der Waals surface area contributed by atoms with E-state index in [4.69, 9.17) is 5.11 Å². The van der Waals surface area contributed by atoms with Crippen LogP contribution in [0.1, 0.15) is 6.42 Å². The Kier molecular flexibility index (Phi) is 2.78. The fourth-order valence-electron chi connectivity index (χ4n) is 2.43. The van der Waals surface area contributed by atoms with Gasteiger partial charge in [-0.15, -0.1) is 0 Å². The molecule has 0 aliphatic carbocycles. The van der Waals surface area contributed by atoms with Gasteiger partial charge in [-0.2, -0.15) is 0 Å². The van der Waals surface area contributed by atoms with Crippen LogP contribution in [0.5, 0.6) is 0 Å². The van der Waals surface area contributed by atoms with Gasteiger partial charge in [0.25, 0.3) is 0 Å². The fourth-order valence-corrected chi connectivity index (χ4v) is 2.43. The lowest BCUT2D eigenvalue weighted by atomic mass is 10.1. The molecule has 102 valence electrons. The maximum atomic E-state index is 12.0. The summed E-state index contributed by atoms with van der Waals surface area (Å²) in [7, 11) is 0. The standard InChI is InChI=1S/C14H12N2O4/c17-11-6-12(15-10-4-2-1-3-9(10)11)16-7-8(14(19)20)5-13(16)18/h1-4,6,8H,5,7H2,(H,15,17)(H,19,20). The minimum absolute atomic E-state index is 0.0375. The summed E-state index contributed by atoms with van der Waals surface area (Å²) >= 11 is 0. The molecular formula is C14H12N2O4. The van der Waals surface area contributed by atoms with Gasteiger partial charge in [0.15, 0.2) is 5.43 Å². The maximum Gasteiger partial charge on any atom is 0.308 e. The molecule has 1 atom stereocenters. The molecule has 1 aromatic heterocycles. The number of pyridine rings is 1. The molecule has 1 fully saturated rings. The highest BCUT2D eigenvalue weighted by atomic mass is 16.4. The molecule has 1 unspecified atom stereocenters. The molecule has 20 heavy (non-hydrogen) atoms. The van der Waals surface area contributed by atoms with Gasteiger partial charge in [-0.1, -0.05) is 12.1 Å². The van der Waals surface area contributed by atoms with Gasteiger partial charge >= 0.3 is 5.97 Å². The number of para-hydroxylation sites is 1. The van der Waals surface area contributed by atoms with Crippen LogP contribution in [-0.2, 0) is 9.59 Å². The lowest BCUT2D eigenvalue weighted by Gasteiger charge is -2.16. The van der Waals surface area contributed by atoms with E-state index in [2.05, 4.69) is 4.98 Å². The summed E-state index contributed by atoms with van der Waals surface area (Å²) in [5.74, 6) is -1.66. The third kappa shape index (κ3) is 1.95. The van der Waals surface area contributed by atoms with Crippen LogP contribution in [-0.4, -0.2) is 28.5 Å². The Bertz CT molecular complexity index is 765. The molecule has 1 saturated heterocycles. The highest BCUT2D eigenvalue weighted by Crippen LogP contribution is 2.24. The first kappa shape index (κ1) is 12.4. The molecule has 3 rings (SSSR count). The van der Waals surface area contributed by atoms with Crippen LogP contribution in [0.2, 0.25) is 0 Å². The van der Waals surface area contributed by atoms with Gasteiger partial charge in [0, 0.05) is 24.4 Å². The summed E-state index contributed by atoms with van der Waals surface area (Å²) in [5.41, 5.74) is 0.433. The number of carbonyl (C=O) groups excluding carboxylic acids is 1. The lowest BCUT2D eigenvalue weighted by molar-refractivity contribution is -0.141. The van der Waals surface area contributed by atoms with E-state index in [9.17, 15) is 14.4 Å². The number of carboxylic acid groups (broad SMARTS) is 1. The average molecular weight is 272 g/mol. The van der Waals surface area contributed by atoms with Crippen LogP contribution < -0.4 is 10.3 Å². The van der Waals surface area contributed by atoms with E-state index in [0.717, 1.165) is 0 Å². The Morgan fingerprint density at radius 1 is 1.30 bits per heavy atom. The molecule has 1 aliphatic heterocycles. The van der Waals surface area contributed by atoms with Crippen LogP contribution in [0.3, 0.4) is 0 Å². The number of hydrogen-bond acceptors (Lipinski definition) is 3. The number of H-pyrrole nitrogens is 1. The van der Waals surface area contributed by atoms with Crippen molar-refractivity contribution in [1.29, 1.82) is 0 Å². The number of hydrogen-bond donors (Lipinski definition) is 2. The molecule has 0 spiro atoms. The number of aromatic nitrogens is 1. The molecule has 1 aliphatic rings. The van der Waals surface area contributed by atoms with Gasteiger partial charge in [0.1, 0.15) is 5.82 Å². The third-order valence-corrected chi connectivity index (χ3v) is 3.49. The zero-order valence-corrected chi connectivity index (χ0v) is 10.5. The van der Waals surface area contributed by atoms with Crippen molar-refractivity contribution in [3.63, 3.8) is 0 Å². The molecule has 1 amide bonds. The van der Waals surface area contributed by atoms with Crippen molar-refractivity contribution in [2.24, 2.45) is 5.92 Å². The van der Waals surface area contributed by atoms with Crippen molar-refractivity contribution in [3.05, 3.63) is 40.6 Å². The van der Waals surface area contributed by atoms with E-state index < -0.39 is 11.9 Å². The minimum atomic E-state index is -0.996. The number of nitrogens with one attached hydrogen (secondary N) is 1. The summed E-state index contributed by atoms with van der Waals surface area (Å²) in [5, 5.41) is 9.51. The number of carboxylic acids is 1. The Morgan fingerprint density at radius 2 is 2.05 bits per heavy atom. The van der Waals surface area contributed by atoms with Gasteiger partial charge in [-0.3, -0.25) is 19.3 Å². The zero-order chi connectivity index (χ0) is 14.3. The first-order valence-electron chi connectivity index (χ1n) is 6.21. The van der Waals surface area contributed by atoms with Gasteiger partial charge in [-0.05, 0) is 12.1 Å². The van der Waals surface area contributed by atoms with E-state index in [1.165, 1.54) is 11.0 Å². The number of benzene rings is 1. The van der Waals surface area contributed by atoms with Crippen LogP contribution in [0, 0.1) is 5.92 Å². The predicted molar refractivity (Wildman–Crippen MR) is 72.7 cm³/mol. The van der Waals surface area contributed by atoms with Crippen molar-refractivity contribution < 1.29 is 14.7 Å². The minimum Gasteiger partial charge on any atom is -0.481 e. The SMILES string of the molecule is O=C(O)C1CC(=O)N(c2cc(=O)c3ccccc3[nH]2)C1. The second kappa shape index (κ2) is 4.48. The van der Waals surface area contributed by atoms with Crippen molar-refractivity contribution in [1.82, 2.24) is 4.98 Å². The monoisotopic (exact) mass is 272 g/mol. The third-order valence-electron chi connectivity index (χ3n) is 3.49. The van der Waals surface area contributed by atoms with Crippen LogP contribution in [0.25, 0.3) is 10.9 Å².